The number of hydrogen-bond donors (Lipinski definition) is 1. The molecule has 17 heavy (non-hydrogen) atoms. The summed E-state index contributed by atoms with van der Waals surface area (Å²) in [6.45, 7) is 2.25. The van der Waals surface area contributed by atoms with Gasteiger partial charge in [0, 0.05) is 0 Å². The minimum absolute atomic E-state index is 0.356. The van der Waals surface area contributed by atoms with Crippen LogP contribution in [0.25, 0.3) is 0 Å². The Labute approximate surface area is 103 Å². The Hall–Kier alpha value is -1.76. The molecule has 1 heteroatoms. The molecule has 1 N–H and O–H groups in total. The Kier molecular flexibility index (Phi) is 3.81. The second-order valence-electron chi connectivity index (χ2n) is 4.52. The summed E-state index contributed by atoms with van der Waals surface area (Å²) in [5.74, 6) is 0.911. The molecule has 0 aromatic heterocycles. The van der Waals surface area contributed by atoms with Crippen molar-refractivity contribution in [3.8, 4) is 5.75 Å². The van der Waals surface area contributed by atoms with Crippen molar-refractivity contribution in [2.45, 2.75) is 25.7 Å². The molecule has 2 rings (SSSR count). The zero-order valence-electron chi connectivity index (χ0n) is 10.1. The van der Waals surface area contributed by atoms with Gasteiger partial charge >= 0.3 is 0 Å². The molecule has 0 radical (unpaired) electrons. The summed E-state index contributed by atoms with van der Waals surface area (Å²) in [7, 11) is 0. The SMILES string of the molecule is CC(CCc1cccc(O)c1)c1ccccc1. The standard InChI is InChI=1S/C16H18O/c1-13(15-7-3-2-4-8-15)10-11-14-6-5-9-16(17)12-14/h2-9,12-13,17H,10-11H2,1H3. The normalized spacial score (nSPS) is 12.3. The molecular weight excluding hydrogens is 208 g/mol. The van der Waals surface area contributed by atoms with Gasteiger partial charge < -0.3 is 5.11 Å². The molecule has 0 spiro atoms. The summed E-state index contributed by atoms with van der Waals surface area (Å²) in [5, 5.41) is 9.40. The number of benzene rings is 2. The van der Waals surface area contributed by atoms with E-state index in [4.69, 9.17) is 0 Å². The van der Waals surface area contributed by atoms with Crippen molar-refractivity contribution in [2.24, 2.45) is 0 Å². The fraction of sp³-hybridized carbons (Fsp3) is 0.250. The van der Waals surface area contributed by atoms with Crippen LogP contribution in [0.2, 0.25) is 0 Å². The van der Waals surface area contributed by atoms with Crippen molar-refractivity contribution in [1.29, 1.82) is 0 Å². The summed E-state index contributed by atoms with van der Waals surface area (Å²) >= 11 is 0. The smallest absolute Gasteiger partial charge is 0.115 e. The van der Waals surface area contributed by atoms with Crippen molar-refractivity contribution in [1.82, 2.24) is 0 Å². The van der Waals surface area contributed by atoms with Crippen LogP contribution in [0.4, 0.5) is 0 Å². The lowest BCUT2D eigenvalue weighted by atomic mass is 9.94. The minimum atomic E-state index is 0.356. The molecule has 0 heterocycles. The van der Waals surface area contributed by atoms with Gasteiger partial charge in [-0.25, -0.2) is 0 Å². The highest BCUT2D eigenvalue weighted by Crippen LogP contribution is 2.21. The van der Waals surface area contributed by atoms with E-state index in [0.717, 1.165) is 12.8 Å². The molecule has 0 aliphatic carbocycles. The van der Waals surface area contributed by atoms with Crippen molar-refractivity contribution in [3.05, 3.63) is 65.7 Å². The summed E-state index contributed by atoms with van der Waals surface area (Å²) < 4.78 is 0. The van der Waals surface area contributed by atoms with E-state index in [0.29, 0.717) is 11.7 Å². The van der Waals surface area contributed by atoms with Crippen LogP contribution in [0.1, 0.15) is 30.4 Å². The first-order valence-electron chi connectivity index (χ1n) is 6.08. The Balaban J connectivity index is 1.95. The predicted molar refractivity (Wildman–Crippen MR) is 71.3 cm³/mol. The Morgan fingerprint density at radius 1 is 1.00 bits per heavy atom. The molecule has 0 aliphatic heterocycles. The van der Waals surface area contributed by atoms with Gasteiger partial charge in [-0.3, -0.25) is 0 Å². The molecule has 0 fully saturated rings. The summed E-state index contributed by atoms with van der Waals surface area (Å²) in [5.41, 5.74) is 2.58. The fourth-order valence-corrected chi connectivity index (χ4v) is 2.04. The van der Waals surface area contributed by atoms with E-state index in [1.54, 1.807) is 6.07 Å². The average molecular weight is 226 g/mol. The Bertz CT molecular complexity index is 462. The largest absolute Gasteiger partial charge is 0.508 e. The second-order valence-corrected chi connectivity index (χ2v) is 4.52. The lowest BCUT2D eigenvalue weighted by molar-refractivity contribution is 0.474. The van der Waals surface area contributed by atoms with E-state index in [1.807, 2.05) is 18.2 Å². The molecule has 1 nitrogen and oxygen atoms in total. The van der Waals surface area contributed by atoms with Crippen LogP contribution in [-0.4, -0.2) is 5.11 Å². The predicted octanol–water partition coefficient (Wildman–Crippen LogP) is 4.13. The van der Waals surface area contributed by atoms with Gasteiger partial charge in [0.05, 0.1) is 0 Å². The van der Waals surface area contributed by atoms with Gasteiger partial charge in [0.25, 0.3) is 0 Å². The van der Waals surface area contributed by atoms with Crippen molar-refractivity contribution < 1.29 is 5.11 Å². The zero-order chi connectivity index (χ0) is 12.1. The van der Waals surface area contributed by atoms with Crippen LogP contribution in [0, 0.1) is 0 Å². The third-order valence-electron chi connectivity index (χ3n) is 3.15. The van der Waals surface area contributed by atoms with Gasteiger partial charge in [-0.2, -0.15) is 0 Å². The van der Waals surface area contributed by atoms with Crippen LogP contribution < -0.4 is 0 Å². The summed E-state index contributed by atoms with van der Waals surface area (Å²) in [6, 6.07) is 18.1. The van der Waals surface area contributed by atoms with Gasteiger partial charge in [0.2, 0.25) is 0 Å². The van der Waals surface area contributed by atoms with Gasteiger partial charge in [-0.05, 0) is 42.0 Å². The third kappa shape index (κ3) is 3.35. The molecule has 2 aromatic rings. The van der Waals surface area contributed by atoms with E-state index in [2.05, 4.69) is 37.3 Å². The molecule has 2 aromatic carbocycles. The molecule has 88 valence electrons. The molecule has 1 unspecified atom stereocenters. The molecule has 0 bridgehead atoms. The highest BCUT2D eigenvalue weighted by atomic mass is 16.3. The maximum Gasteiger partial charge on any atom is 0.115 e. The molecular formula is C16H18O. The molecule has 0 saturated carbocycles. The van der Waals surface area contributed by atoms with E-state index < -0.39 is 0 Å². The van der Waals surface area contributed by atoms with Gasteiger partial charge in [0.15, 0.2) is 0 Å². The van der Waals surface area contributed by atoms with Crippen LogP contribution >= 0.6 is 0 Å². The highest BCUT2D eigenvalue weighted by Gasteiger charge is 2.05. The van der Waals surface area contributed by atoms with Crippen LogP contribution in [0.3, 0.4) is 0 Å². The lowest BCUT2D eigenvalue weighted by Crippen LogP contribution is -1.96. The molecule has 0 aliphatic rings. The van der Waals surface area contributed by atoms with Gasteiger partial charge in [-0.15, -0.1) is 0 Å². The quantitative estimate of drug-likeness (QED) is 0.831. The molecule has 1 atom stereocenters. The van der Waals surface area contributed by atoms with Crippen molar-refractivity contribution in [2.75, 3.05) is 0 Å². The maximum atomic E-state index is 9.40. The zero-order valence-corrected chi connectivity index (χ0v) is 10.1. The Morgan fingerprint density at radius 2 is 1.76 bits per heavy atom. The first-order chi connectivity index (χ1) is 8.25. The first kappa shape index (κ1) is 11.7. The second kappa shape index (κ2) is 5.53. The summed E-state index contributed by atoms with van der Waals surface area (Å²) in [4.78, 5) is 0. The molecule has 0 amide bonds. The van der Waals surface area contributed by atoms with E-state index >= 15 is 0 Å². The topological polar surface area (TPSA) is 20.2 Å². The van der Waals surface area contributed by atoms with Crippen LogP contribution in [-0.2, 0) is 6.42 Å². The maximum absolute atomic E-state index is 9.40. The third-order valence-corrected chi connectivity index (χ3v) is 3.15. The summed E-state index contributed by atoms with van der Waals surface area (Å²) in [6.07, 6.45) is 2.11. The fourth-order valence-electron chi connectivity index (χ4n) is 2.04. The number of hydrogen-bond acceptors (Lipinski definition) is 1. The number of aryl methyl sites for hydroxylation is 1. The lowest BCUT2D eigenvalue weighted by Gasteiger charge is -2.11. The first-order valence-corrected chi connectivity index (χ1v) is 6.08. The number of rotatable bonds is 4. The monoisotopic (exact) mass is 226 g/mol. The number of aromatic hydroxyl groups is 1. The molecule has 0 saturated heterocycles. The van der Waals surface area contributed by atoms with E-state index in [9.17, 15) is 5.11 Å². The van der Waals surface area contributed by atoms with Gasteiger partial charge in [0.1, 0.15) is 5.75 Å². The number of phenols is 1. The van der Waals surface area contributed by atoms with Gasteiger partial charge in [-0.1, -0.05) is 49.4 Å². The van der Waals surface area contributed by atoms with E-state index in [-0.39, 0.29) is 0 Å². The van der Waals surface area contributed by atoms with Crippen LogP contribution in [0.5, 0.6) is 5.75 Å². The van der Waals surface area contributed by atoms with E-state index in [1.165, 1.54) is 11.1 Å². The van der Waals surface area contributed by atoms with Crippen molar-refractivity contribution >= 4 is 0 Å². The minimum Gasteiger partial charge on any atom is -0.508 e. The highest BCUT2D eigenvalue weighted by molar-refractivity contribution is 5.27. The van der Waals surface area contributed by atoms with Crippen LogP contribution in [0.15, 0.2) is 54.6 Å². The Morgan fingerprint density at radius 3 is 2.47 bits per heavy atom. The average Bonchev–Trinajstić information content (AvgIpc) is 2.37. The number of phenolic OH excluding ortho intramolecular Hbond substituents is 1. The van der Waals surface area contributed by atoms with Crippen molar-refractivity contribution in [3.63, 3.8) is 0 Å².